The van der Waals surface area contributed by atoms with E-state index in [1.165, 1.54) is 14.2 Å². The van der Waals surface area contributed by atoms with Gasteiger partial charge in [0, 0.05) is 31.8 Å². The molecular formula is C10H16O6. The molecule has 0 aromatic rings. The molecule has 16 heavy (non-hydrogen) atoms. The third kappa shape index (κ3) is 6.15. The van der Waals surface area contributed by atoms with Crippen molar-refractivity contribution < 1.29 is 29.3 Å². The van der Waals surface area contributed by atoms with Gasteiger partial charge < -0.3 is 19.7 Å². The van der Waals surface area contributed by atoms with Crippen molar-refractivity contribution in [1.29, 1.82) is 0 Å². The van der Waals surface area contributed by atoms with Crippen molar-refractivity contribution in [2.75, 3.05) is 27.4 Å². The molecule has 0 amide bonds. The van der Waals surface area contributed by atoms with Crippen molar-refractivity contribution in [2.45, 2.75) is 6.42 Å². The first kappa shape index (κ1) is 14.6. The van der Waals surface area contributed by atoms with Gasteiger partial charge in [-0.25, -0.2) is 9.59 Å². The monoisotopic (exact) mass is 232 g/mol. The molecule has 0 saturated heterocycles. The Morgan fingerprint density at radius 1 is 1.19 bits per heavy atom. The highest BCUT2D eigenvalue weighted by Crippen LogP contribution is 2.13. The number of carboxylic acids is 2. The summed E-state index contributed by atoms with van der Waals surface area (Å²) in [6.45, 7) is 0.635. The van der Waals surface area contributed by atoms with Gasteiger partial charge in [0.1, 0.15) is 0 Å². The molecule has 0 bridgehead atoms. The number of rotatable bonds is 8. The van der Waals surface area contributed by atoms with Crippen molar-refractivity contribution in [1.82, 2.24) is 0 Å². The van der Waals surface area contributed by atoms with Gasteiger partial charge in [0.25, 0.3) is 0 Å². The number of aliphatic carboxylic acids is 2. The molecule has 6 heteroatoms. The van der Waals surface area contributed by atoms with Crippen LogP contribution in [0, 0.1) is 5.92 Å². The van der Waals surface area contributed by atoms with Gasteiger partial charge in [-0.15, -0.1) is 0 Å². The Labute approximate surface area is 93.5 Å². The SMILES string of the molecule is COCC(COC)C/C(=C/C(=O)O)C(=O)O. The van der Waals surface area contributed by atoms with Crippen LogP contribution in [0.25, 0.3) is 0 Å². The molecule has 0 heterocycles. The molecule has 0 aliphatic rings. The van der Waals surface area contributed by atoms with E-state index >= 15 is 0 Å². The van der Waals surface area contributed by atoms with E-state index in [0.717, 1.165) is 0 Å². The van der Waals surface area contributed by atoms with Gasteiger partial charge in [0.15, 0.2) is 0 Å². The number of methoxy groups -OCH3 is 2. The third-order valence-corrected chi connectivity index (χ3v) is 1.89. The van der Waals surface area contributed by atoms with Crippen molar-refractivity contribution >= 4 is 11.9 Å². The molecule has 6 nitrogen and oxygen atoms in total. The summed E-state index contributed by atoms with van der Waals surface area (Å²) >= 11 is 0. The number of ether oxygens (including phenoxy) is 2. The zero-order valence-corrected chi connectivity index (χ0v) is 9.30. The maximum atomic E-state index is 10.8. The average Bonchev–Trinajstić information content (AvgIpc) is 2.16. The first-order chi connectivity index (χ1) is 7.51. The summed E-state index contributed by atoms with van der Waals surface area (Å²) in [4.78, 5) is 21.2. The highest BCUT2D eigenvalue weighted by Gasteiger charge is 2.17. The van der Waals surface area contributed by atoms with E-state index in [1.807, 2.05) is 0 Å². The molecule has 0 aromatic carbocycles. The van der Waals surface area contributed by atoms with Crippen LogP contribution >= 0.6 is 0 Å². The van der Waals surface area contributed by atoms with Crippen LogP contribution in [0.3, 0.4) is 0 Å². The Balaban J connectivity index is 4.57. The molecule has 0 aliphatic carbocycles. The molecule has 92 valence electrons. The molecule has 0 aromatic heterocycles. The van der Waals surface area contributed by atoms with Crippen molar-refractivity contribution in [3.05, 3.63) is 11.6 Å². The molecule has 0 radical (unpaired) electrons. The lowest BCUT2D eigenvalue weighted by atomic mass is 10.0. The maximum absolute atomic E-state index is 10.8. The summed E-state index contributed by atoms with van der Waals surface area (Å²) < 4.78 is 9.79. The van der Waals surface area contributed by atoms with Crippen LogP contribution in [0.4, 0.5) is 0 Å². The van der Waals surface area contributed by atoms with E-state index in [2.05, 4.69) is 0 Å². The highest BCUT2D eigenvalue weighted by atomic mass is 16.5. The molecule has 2 N–H and O–H groups in total. The largest absolute Gasteiger partial charge is 0.478 e. The molecule has 0 aliphatic heterocycles. The summed E-state index contributed by atoms with van der Waals surface area (Å²) in [5.74, 6) is -2.68. The Morgan fingerprint density at radius 2 is 1.69 bits per heavy atom. The lowest BCUT2D eigenvalue weighted by Crippen LogP contribution is -2.18. The smallest absolute Gasteiger partial charge is 0.331 e. The fourth-order valence-electron chi connectivity index (χ4n) is 1.31. The van der Waals surface area contributed by atoms with Crippen LogP contribution in [0.1, 0.15) is 6.42 Å². The second-order valence-electron chi connectivity index (χ2n) is 3.29. The minimum Gasteiger partial charge on any atom is -0.478 e. The normalized spacial score (nSPS) is 11.8. The first-order valence-corrected chi connectivity index (χ1v) is 4.65. The van der Waals surface area contributed by atoms with E-state index in [4.69, 9.17) is 19.7 Å². The van der Waals surface area contributed by atoms with E-state index < -0.39 is 11.9 Å². The zero-order chi connectivity index (χ0) is 12.6. The molecule has 0 unspecified atom stereocenters. The van der Waals surface area contributed by atoms with Gasteiger partial charge in [0.05, 0.1) is 13.2 Å². The van der Waals surface area contributed by atoms with Crippen LogP contribution in [-0.4, -0.2) is 49.6 Å². The number of carboxylic acid groups (broad SMARTS) is 2. The van der Waals surface area contributed by atoms with Crippen LogP contribution < -0.4 is 0 Å². The highest BCUT2D eigenvalue weighted by molar-refractivity contribution is 5.94. The minimum absolute atomic E-state index is 0.101. The van der Waals surface area contributed by atoms with Gasteiger partial charge in [0.2, 0.25) is 0 Å². The van der Waals surface area contributed by atoms with Crippen LogP contribution in [0.15, 0.2) is 11.6 Å². The lowest BCUT2D eigenvalue weighted by Gasteiger charge is -2.14. The maximum Gasteiger partial charge on any atom is 0.331 e. The molecule has 0 rings (SSSR count). The van der Waals surface area contributed by atoms with Gasteiger partial charge in [-0.05, 0) is 6.42 Å². The fraction of sp³-hybridized carbons (Fsp3) is 0.600. The quantitative estimate of drug-likeness (QED) is 0.588. The van der Waals surface area contributed by atoms with Gasteiger partial charge >= 0.3 is 11.9 Å². The topological polar surface area (TPSA) is 93.1 Å². The van der Waals surface area contributed by atoms with Crippen LogP contribution in [0.2, 0.25) is 0 Å². The summed E-state index contributed by atoms with van der Waals surface area (Å²) in [6, 6.07) is 0. The number of hydrogen-bond acceptors (Lipinski definition) is 4. The van der Waals surface area contributed by atoms with Gasteiger partial charge in [-0.3, -0.25) is 0 Å². The number of carbonyl (C=O) groups is 2. The minimum atomic E-state index is -1.27. The summed E-state index contributed by atoms with van der Waals surface area (Å²) in [7, 11) is 2.98. The Bertz CT molecular complexity index is 264. The third-order valence-electron chi connectivity index (χ3n) is 1.89. The second kappa shape index (κ2) is 7.84. The fourth-order valence-corrected chi connectivity index (χ4v) is 1.31. The molecular weight excluding hydrogens is 216 g/mol. The zero-order valence-electron chi connectivity index (χ0n) is 9.30. The Hall–Kier alpha value is -1.40. The Morgan fingerprint density at radius 3 is 2.00 bits per heavy atom. The van der Waals surface area contributed by atoms with E-state index in [0.29, 0.717) is 19.3 Å². The summed E-state index contributed by atoms with van der Waals surface area (Å²) in [5.41, 5.74) is -0.161. The Kier molecular flexibility index (Phi) is 7.15. The summed E-state index contributed by atoms with van der Waals surface area (Å²) in [6.07, 6.45) is 0.796. The predicted octanol–water partition coefficient (Wildman–Crippen LogP) is 0.381. The standard InChI is InChI=1S/C10H16O6/c1-15-5-7(6-16-2)3-8(10(13)14)4-9(11)12/h4,7H,3,5-6H2,1-2H3,(H,11,12)(H,13,14)/b8-4-. The first-order valence-electron chi connectivity index (χ1n) is 4.65. The van der Waals surface area contributed by atoms with Crippen LogP contribution in [0.5, 0.6) is 0 Å². The lowest BCUT2D eigenvalue weighted by molar-refractivity contribution is -0.135. The predicted molar refractivity (Wildman–Crippen MR) is 55.2 cm³/mol. The van der Waals surface area contributed by atoms with E-state index in [9.17, 15) is 9.59 Å². The number of hydrogen-bond donors (Lipinski definition) is 2. The van der Waals surface area contributed by atoms with E-state index in [1.54, 1.807) is 0 Å². The van der Waals surface area contributed by atoms with E-state index in [-0.39, 0.29) is 17.9 Å². The van der Waals surface area contributed by atoms with Crippen LogP contribution in [-0.2, 0) is 19.1 Å². The van der Waals surface area contributed by atoms with Gasteiger partial charge in [-0.1, -0.05) is 0 Å². The summed E-state index contributed by atoms with van der Waals surface area (Å²) in [5, 5.41) is 17.3. The average molecular weight is 232 g/mol. The molecule has 0 saturated carbocycles. The molecule has 0 atom stereocenters. The second-order valence-corrected chi connectivity index (χ2v) is 3.29. The molecule has 0 spiro atoms. The van der Waals surface area contributed by atoms with Crippen molar-refractivity contribution in [3.63, 3.8) is 0 Å². The molecule has 0 fully saturated rings. The van der Waals surface area contributed by atoms with Crippen molar-refractivity contribution in [2.24, 2.45) is 5.92 Å². The van der Waals surface area contributed by atoms with Crippen molar-refractivity contribution in [3.8, 4) is 0 Å². The van der Waals surface area contributed by atoms with Gasteiger partial charge in [-0.2, -0.15) is 0 Å².